The van der Waals surface area contributed by atoms with Crippen LogP contribution in [0, 0.1) is 5.82 Å². The Morgan fingerprint density at radius 3 is 2.90 bits per heavy atom. The molecule has 108 valence electrons. The zero-order valence-corrected chi connectivity index (χ0v) is 11.5. The maximum atomic E-state index is 13.3. The molecule has 0 radical (unpaired) electrons. The van der Waals surface area contributed by atoms with Crippen LogP contribution in [0.2, 0.25) is 5.02 Å². The number of benzene rings is 2. The molecule has 6 heteroatoms. The smallest absolute Gasteiger partial charge is 0.253 e. The number of carbonyl (C=O) groups is 1. The van der Waals surface area contributed by atoms with Gasteiger partial charge in [-0.1, -0.05) is 23.7 Å². The molecular formula is C15H11ClFNO3. The number of amides is 1. The predicted molar refractivity (Wildman–Crippen MR) is 76.3 cm³/mol. The molecule has 0 spiro atoms. The fourth-order valence-corrected chi connectivity index (χ4v) is 2.31. The summed E-state index contributed by atoms with van der Waals surface area (Å²) in [6, 6.07) is 8.93. The Hall–Kier alpha value is -2.11. The lowest BCUT2D eigenvalue weighted by molar-refractivity contribution is -0.124. The molecule has 0 aliphatic carbocycles. The average molecular weight is 308 g/mol. The van der Waals surface area contributed by atoms with Crippen molar-refractivity contribution in [1.82, 2.24) is 0 Å². The second kappa shape index (κ2) is 5.35. The molecule has 21 heavy (non-hydrogen) atoms. The van der Waals surface area contributed by atoms with Crippen LogP contribution in [-0.4, -0.2) is 17.1 Å². The Bertz CT molecular complexity index is 720. The lowest BCUT2D eigenvalue weighted by Crippen LogP contribution is -2.34. The van der Waals surface area contributed by atoms with Gasteiger partial charge in [-0.3, -0.25) is 4.79 Å². The van der Waals surface area contributed by atoms with Crippen molar-refractivity contribution in [2.75, 3.05) is 5.32 Å². The average Bonchev–Trinajstić information content (AvgIpc) is 2.45. The van der Waals surface area contributed by atoms with Gasteiger partial charge in [0.2, 0.25) is 0 Å². The predicted octanol–water partition coefficient (Wildman–Crippen LogP) is 3.13. The molecule has 0 saturated heterocycles. The third-order valence-corrected chi connectivity index (χ3v) is 3.50. The minimum atomic E-state index is -1.08. The van der Waals surface area contributed by atoms with Crippen molar-refractivity contribution < 1.29 is 19.0 Å². The van der Waals surface area contributed by atoms with Gasteiger partial charge in [-0.05, 0) is 23.8 Å². The second-order valence-corrected chi connectivity index (χ2v) is 5.08. The highest BCUT2D eigenvalue weighted by atomic mass is 35.5. The van der Waals surface area contributed by atoms with Gasteiger partial charge in [0.25, 0.3) is 5.91 Å². The number of aliphatic hydroxyl groups excluding tert-OH is 1. The molecule has 1 atom stereocenters. The standard InChI is InChI=1S/C15H11ClFNO3/c16-10-5-4-9(17)7-13(10)21-12-3-1-2-8-6-11(19)15(20)18-14(8)12/h1-5,7,11,19H,6H2,(H,18,20). The van der Waals surface area contributed by atoms with Crippen molar-refractivity contribution in [2.45, 2.75) is 12.5 Å². The van der Waals surface area contributed by atoms with E-state index in [0.29, 0.717) is 11.4 Å². The Morgan fingerprint density at radius 1 is 1.29 bits per heavy atom. The van der Waals surface area contributed by atoms with Gasteiger partial charge in [-0.15, -0.1) is 0 Å². The fraction of sp³-hybridized carbons (Fsp3) is 0.133. The van der Waals surface area contributed by atoms with Crippen LogP contribution >= 0.6 is 11.6 Å². The van der Waals surface area contributed by atoms with Crippen molar-refractivity contribution in [1.29, 1.82) is 0 Å². The van der Waals surface area contributed by atoms with Gasteiger partial charge in [-0.2, -0.15) is 0 Å². The van der Waals surface area contributed by atoms with E-state index in [2.05, 4.69) is 5.32 Å². The summed E-state index contributed by atoms with van der Waals surface area (Å²) in [5.41, 5.74) is 1.21. The van der Waals surface area contributed by atoms with Gasteiger partial charge in [0.1, 0.15) is 17.7 Å². The van der Waals surface area contributed by atoms with Crippen LogP contribution in [-0.2, 0) is 11.2 Å². The number of ether oxygens (including phenoxy) is 1. The van der Waals surface area contributed by atoms with E-state index in [1.165, 1.54) is 18.2 Å². The number of hydrogen-bond acceptors (Lipinski definition) is 3. The highest BCUT2D eigenvalue weighted by Crippen LogP contribution is 2.37. The minimum absolute atomic E-state index is 0.158. The van der Waals surface area contributed by atoms with E-state index in [0.717, 1.165) is 5.56 Å². The summed E-state index contributed by atoms with van der Waals surface area (Å²) in [4.78, 5) is 11.6. The zero-order valence-electron chi connectivity index (χ0n) is 10.8. The molecule has 2 aromatic carbocycles. The molecule has 1 heterocycles. The van der Waals surface area contributed by atoms with Crippen LogP contribution in [0.25, 0.3) is 0 Å². The summed E-state index contributed by atoms with van der Waals surface area (Å²) in [6.07, 6.45) is -0.875. The minimum Gasteiger partial charge on any atom is -0.453 e. The van der Waals surface area contributed by atoms with E-state index < -0.39 is 17.8 Å². The molecule has 0 aromatic heterocycles. The van der Waals surface area contributed by atoms with Gasteiger partial charge >= 0.3 is 0 Å². The Labute approximate surface area is 125 Å². The zero-order chi connectivity index (χ0) is 15.0. The van der Waals surface area contributed by atoms with Crippen molar-refractivity contribution in [2.24, 2.45) is 0 Å². The van der Waals surface area contributed by atoms with Crippen molar-refractivity contribution >= 4 is 23.2 Å². The number of rotatable bonds is 2. The van der Waals surface area contributed by atoms with Gasteiger partial charge in [0.05, 0.1) is 10.7 Å². The van der Waals surface area contributed by atoms with E-state index in [9.17, 15) is 14.3 Å². The monoisotopic (exact) mass is 307 g/mol. The number of nitrogens with one attached hydrogen (secondary N) is 1. The first-order chi connectivity index (χ1) is 10.0. The van der Waals surface area contributed by atoms with E-state index in [-0.39, 0.29) is 17.2 Å². The first kappa shape index (κ1) is 13.9. The van der Waals surface area contributed by atoms with E-state index in [4.69, 9.17) is 16.3 Å². The molecule has 0 fully saturated rings. The molecule has 1 aliphatic rings. The number of fused-ring (bicyclic) bond motifs is 1. The van der Waals surface area contributed by atoms with Gasteiger partial charge in [-0.25, -0.2) is 4.39 Å². The molecule has 2 aromatic rings. The topological polar surface area (TPSA) is 58.6 Å². The highest BCUT2D eigenvalue weighted by Gasteiger charge is 2.26. The van der Waals surface area contributed by atoms with Gasteiger partial charge < -0.3 is 15.2 Å². The summed E-state index contributed by atoms with van der Waals surface area (Å²) in [5, 5.41) is 12.4. The van der Waals surface area contributed by atoms with Crippen LogP contribution in [0.3, 0.4) is 0 Å². The number of para-hydroxylation sites is 1. The fourth-order valence-electron chi connectivity index (χ4n) is 2.15. The normalized spacial score (nSPS) is 17.1. The number of aliphatic hydroxyl groups is 1. The number of carbonyl (C=O) groups excluding carboxylic acids is 1. The molecule has 1 unspecified atom stereocenters. The molecule has 1 aliphatic heterocycles. The van der Waals surface area contributed by atoms with Crippen LogP contribution in [0.1, 0.15) is 5.56 Å². The van der Waals surface area contributed by atoms with Crippen LogP contribution in [0.5, 0.6) is 11.5 Å². The molecular weight excluding hydrogens is 297 g/mol. The highest BCUT2D eigenvalue weighted by molar-refractivity contribution is 6.32. The summed E-state index contributed by atoms with van der Waals surface area (Å²) >= 11 is 5.96. The maximum absolute atomic E-state index is 13.3. The molecule has 0 bridgehead atoms. The van der Waals surface area contributed by atoms with Crippen molar-refractivity contribution in [3.05, 3.63) is 52.8 Å². The largest absolute Gasteiger partial charge is 0.453 e. The van der Waals surface area contributed by atoms with E-state index in [1.54, 1.807) is 18.2 Å². The van der Waals surface area contributed by atoms with Gasteiger partial charge in [0, 0.05) is 12.5 Å². The molecule has 2 N–H and O–H groups in total. The van der Waals surface area contributed by atoms with Crippen LogP contribution in [0.4, 0.5) is 10.1 Å². The third kappa shape index (κ3) is 2.70. The number of hydrogen-bond donors (Lipinski definition) is 2. The van der Waals surface area contributed by atoms with Gasteiger partial charge in [0.15, 0.2) is 5.75 Å². The van der Waals surface area contributed by atoms with Crippen LogP contribution in [0.15, 0.2) is 36.4 Å². The lowest BCUT2D eigenvalue weighted by Gasteiger charge is -2.23. The van der Waals surface area contributed by atoms with Crippen molar-refractivity contribution in [3.8, 4) is 11.5 Å². The number of anilines is 1. The first-order valence-electron chi connectivity index (χ1n) is 6.28. The SMILES string of the molecule is O=C1Nc2c(cccc2Oc2cc(F)ccc2Cl)CC1O. The molecule has 1 amide bonds. The summed E-state index contributed by atoms with van der Waals surface area (Å²) < 4.78 is 18.9. The summed E-state index contributed by atoms with van der Waals surface area (Å²) in [6.45, 7) is 0. The molecule has 0 saturated carbocycles. The Balaban J connectivity index is 1.99. The Morgan fingerprint density at radius 2 is 2.10 bits per heavy atom. The Kier molecular flexibility index (Phi) is 3.53. The first-order valence-corrected chi connectivity index (χ1v) is 6.66. The summed E-state index contributed by atoms with van der Waals surface area (Å²) in [7, 11) is 0. The van der Waals surface area contributed by atoms with Crippen molar-refractivity contribution in [3.63, 3.8) is 0 Å². The molecule has 4 nitrogen and oxygen atoms in total. The second-order valence-electron chi connectivity index (χ2n) is 4.68. The van der Waals surface area contributed by atoms with Crippen LogP contribution < -0.4 is 10.1 Å². The lowest BCUT2D eigenvalue weighted by atomic mass is 10.0. The van der Waals surface area contributed by atoms with E-state index >= 15 is 0 Å². The third-order valence-electron chi connectivity index (χ3n) is 3.19. The summed E-state index contributed by atoms with van der Waals surface area (Å²) in [5.74, 6) is -0.465. The maximum Gasteiger partial charge on any atom is 0.253 e. The number of halogens is 2. The quantitative estimate of drug-likeness (QED) is 0.896. The molecule has 3 rings (SSSR count). The van der Waals surface area contributed by atoms with E-state index in [1.807, 2.05) is 0 Å².